The molecule has 1 saturated heterocycles. The normalized spacial score (nSPS) is 19.0. The predicted octanol–water partition coefficient (Wildman–Crippen LogP) is 2.28. The van der Waals surface area contributed by atoms with Crippen LogP contribution in [0.15, 0.2) is 30.6 Å². The number of carbonyl (C=O) groups is 1. The lowest BCUT2D eigenvalue weighted by atomic mass is 9.96. The Morgan fingerprint density at radius 3 is 3.12 bits per heavy atom. The smallest absolute Gasteiger partial charge is 0.254 e. The molecule has 7 heteroatoms. The van der Waals surface area contributed by atoms with Gasteiger partial charge in [-0.3, -0.25) is 4.79 Å². The van der Waals surface area contributed by atoms with E-state index in [0.29, 0.717) is 30.2 Å². The van der Waals surface area contributed by atoms with Crippen LogP contribution in [0, 0.1) is 0 Å². The first-order chi connectivity index (χ1) is 12.8. The number of hydrogen-bond donors (Lipinski definition) is 0. The number of benzene rings is 1. The topological polar surface area (TPSA) is 65.8 Å². The molecule has 1 aromatic heterocycles. The maximum absolute atomic E-state index is 13.0. The zero-order valence-corrected chi connectivity index (χ0v) is 14.9. The quantitative estimate of drug-likeness (QED) is 0.821. The maximum atomic E-state index is 13.0. The molecular weight excluding hydrogens is 334 g/mol. The Balaban J connectivity index is 1.48. The van der Waals surface area contributed by atoms with Gasteiger partial charge in [0.25, 0.3) is 5.91 Å². The summed E-state index contributed by atoms with van der Waals surface area (Å²) in [5, 5.41) is 0. The van der Waals surface area contributed by atoms with E-state index in [-0.39, 0.29) is 18.6 Å². The molecule has 0 N–H and O–H groups in total. The fourth-order valence-electron chi connectivity index (χ4n) is 3.64. The Hall–Kier alpha value is -2.54. The van der Waals surface area contributed by atoms with E-state index < -0.39 is 0 Å². The summed E-state index contributed by atoms with van der Waals surface area (Å²) in [6.45, 7) is 3.08. The van der Waals surface area contributed by atoms with Crippen LogP contribution in [-0.4, -0.2) is 54.0 Å². The van der Waals surface area contributed by atoms with E-state index >= 15 is 0 Å². The van der Waals surface area contributed by atoms with E-state index in [1.54, 1.807) is 25.3 Å². The van der Waals surface area contributed by atoms with Crippen LogP contribution in [-0.2, 0) is 11.3 Å². The average Bonchev–Trinajstić information content (AvgIpc) is 3.34. The molecule has 4 rings (SSSR count). The zero-order valence-electron chi connectivity index (χ0n) is 14.9. The number of amides is 1. The maximum Gasteiger partial charge on any atom is 0.254 e. The second kappa shape index (κ2) is 7.37. The summed E-state index contributed by atoms with van der Waals surface area (Å²) in [4.78, 5) is 19.4. The van der Waals surface area contributed by atoms with Gasteiger partial charge in [0, 0.05) is 50.6 Å². The minimum absolute atomic E-state index is 0.0306. The van der Waals surface area contributed by atoms with Gasteiger partial charge in [-0.2, -0.15) is 0 Å². The number of ether oxygens (including phenoxy) is 3. The van der Waals surface area contributed by atoms with Crippen molar-refractivity contribution in [2.24, 2.45) is 0 Å². The highest BCUT2D eigenvalue weighted by atomic mass is 16.7. The third-order valence-corrected chi connectivity index (χ3v) is 4.98. The SMILES string of the molecule is COCCn1ccnc1[C@H]1CCCN(C(=O)c2ccc3c(c2)OCO3)C1. The van der Waals surface area contributed by atoms with Crippen molar-refractivity contribution in [1.29, 1.82) is 0 Å². The second-order valence-corrected chi connectivity index (χ2v) is 6.63. The molecule has 3 heterocycles. The summed E-state index contributed by atoms with van der Waals surface area (Å²) in [7, 11) is 1.70. The summed E-state index contributed by atoms with van der Waals surface area (Å²) in [6, 6.07) is 5.38. The molecule has 0 bridgehead atoms. The number of rotatable bonds is 5. The molecule has 0 aliphatic carbocycles. The third kappa shape index (κ3) is 3.26. The number of imidazole rings is 1. The minimum atomic E-state index is 0.0306. The molecule has 0 spiro atoms. The third-order valence-electron chi connectivity index (χ3n) is 4.98. The lowest BCUT2D eigenvalue weighted by Crippen LogP contribution is -2.39. The molecule has 1 aromatic carbocycles. The second-order valence-electron chi connectivity index (χ2n) is 6.63. The van der Waals surface area contributed by atoms with Crippen molar-refractivity contribution in [3.05, 3.63) is 42.0 Å². The molecule has 2 aliphatic rings. The van der Waals surface area contributed by atoms with Crippen molar-refractivity contribution in [2.45, 2.75) is 25.3 Å². The highest BCUT2D eigenvalue weighted by Gasteiger charge is 2.28. The Bertz CT molecular complexity index is 789. The number of aromatic nitrogens is 2. The molecule has 138 valence electrons. The monoisotopic (exact) mass is 357 g/mol. The number of hydrogen-bond acceptors (Lipinski definition) is 5. The lowest BCUT2D eigenvalue weighted by molar-refractivity contribution is 0.0702. The largest absolute Gasteiger partial charge is 0.454 e. The predicted molar refractivity (Wildman–Crippen MR) is 94.5 cm³/mol. The molecule has 7 nitrogen and oxygen atoms in total. The number of methoxy groups -OCH3 is 1. The van der Waals surface area contributed by atoms with Crippen molar-refractivity contribution < 1.29 is 19.0 Å². The van der Waals surface area contributed by atoms with E-state index in [0.717, 1.165) is 31.8 Å². The Morgan fingerprint density at radius 1 is 1.35 bits per heavy atom. The summed E-state index contributed by atoms with van der Waals surface area (Å²) in [5.74, 6) is 2.64. The summed E-state index contributed by atoms with van der Waals surface area (Å²) in [6.07, 6.45) is 5.81. The van der Waals surface area contributed by atoms with Crippen LogP contribution in [0.1, 0.15) is 34.9 Å². The molecule has 1 amide bonds. The summed E-state index contributed by atoms with van der Waals surface area (Å²) in [5.41, 5.74) is 0.637. The van der Waals surface area contributed by atoms with Gasteiger partial charge in [-0.15, -0.1) is 0 Å². The number of fused-ring (bicyclic) bond motifs is 1. The van der Waals surface area contributed by atoms with E-state index in [1.807, 2.05) is 17.3 Å². The van der Waals surface area contributed by atoms with Gasteiger partial charge in [0.2, 0.25) is 6.79 Å². The van der Waals surface area contributed by atoms with Gasteiger partial charge in [-0.05, 0) is 31.0 Å². The lowest BCUT2D eigenvalue weighted by Gasteiger charge is -2.32. The standard InChI is InChI=1S/C19H23N3O4/c1-24-10-9-21-8-6-20-18(21)15-3-2-7-22(12-15)19(23)14-4-5-16-17(11-14)26-13-25-16/h4-6,8,11,15H,2-3,7,9-10,12-13H2,1H3/t15-/m0/s1. The van der Waals surface area contributed by atoms with E-state index in [1.165, 1.54) is 0 Å². The van der Waals surface area contributed by atoms with E-state index in [4.69, 9.17) is 14.2 Å². The zero-order chi connectivity index (χ0) is 17.9. The summed E-state index contributed by atoms with van der Waals surface area (Å²) >= 11 is 0. The van der Waals surface area contributed by atoms with Crippen LogP contribution in [0.25, 0.3) is 0 Å². The number of likely N-dealkylation sites (tertiary alicyclic amines) is 1. The van der Waals surface area contributed by atoms with Crippen molar-refractivity contribution in [1.82, 2.24) is 14.5 Å². The number of piperidine rings is 1. The Kier molecular flexibility index (Phi) is 4.79. The van der Waals surface area contributed by atoms with Gasteiger partial charge in [0.15, 0.2) is 11.5 Å². The molecular formula is C19H23N3O4. The highest BCUT2D eigenvalue weighted by molar-refractivity contribution is 5.95. The van der Waals surface area contributed by atoms with Crippen LogP contribution in [0.4, 0.5) is 0 Å². The minimum Gasteiger partial charge on any atom is -0.454 e. The molecule has 1 atom stereocenters. The van der Waals surface area contributed by atoms with Crippen molar-refractivity contribution in [3.63, 3.8) is 0 Å². The van der Waals surface area contributed by atoms with Gasteiger partial charge in [-0.25, -0.2) is 4.98 Å². The fraction of sp³-hybridized carbons (Fsp3) is 0.474. The fourth-order valence-corrected chi connectivity index (χ4v) is 3.64. The van der Waals surface area contributed by atoms with Crippen LogP contribution in [0.5, 0.6) is 11.5 Å². The van der Waals surface area contributed by atoms with Crippen molar-refractivity contribution in [2.75, 3.05) is 33.6 Å². The van der Waals surface area contributed by atoms with Gasteiger partial charge in [0.05, 0.1) is 6.61 Å². The molecule has 0 radical (unpaired) electrons. The van der Waals surface area contributed by atoms with Crippen LogP contribution >= 0.6 is 0 Å². The average molecular weight is 357 g/mol. The number of carbonyl (C=O) groups excluding carboxylic acids is 1. The molecule has 1 fully saturated rings. The van der Waals surface area contributed by atoms with Gasteiger partial charge >= 0.3 is 0 Å². The van der Waals surface area contributed by atoms with Crippen LogP contribution in [0.2, 0.25) is 0 Å². The highest BCUT2D eigenvalue weighted by Crippen LogP contribution is 2.33. The molecule has 0 unspecified atom stereocenters. The molecule has 2 aromatic rings. The summed E-state index contributed by atoms with van der Waals surface area (Å²) < 4.78 is 18.0. The first-order valence-corrected chi connectivity index (χ1v) is 8.95. The Morgan fingerprint density at radius 2 is 2.23 bits per heavy atom. The number of nitrogens with zero attached hydrogens (tertiary/aromatic N) is 3. The molecule has 26 heavy (non-hydrogen) atoms. The Labute approximate surface area is 152 Å². The first kappa shape index (κ1) is 16.9. The first-order valence-electron chi connectivity index (χ1n) is 8.95. The van der Waals surface area contributed by atoms with Gasteiger partial charge in [-0.1, -0.05) is 0 Å². The van der Waals surface area contributed by atoms with Gasteiger partial charge in [0.1, 0.15) is 5.82 Å². The molecule has 0 saturated carbocycles. The molecule has 2 aliphatic heterocycles. The van der Waals surface area contributed by atoms with Gasteiger partial charge < -0.3 is 23.7 Å². The van der Waals surface area contributed by atoms with Crippen molar-refractivity contribution >= 4 is 5.91 Å². The van der Waals surface area contributed by atoms with E-state index in [9.17, 15) is 4.79 Å². The van der Waals surface area contributed by atoms with Crippen LogP contribution < -0.4 is 9.47 Å². The van der Waals surface area contributed by atoms with E-state index in [2.05, 4.69) is 9.55 Å². The van der Waals surface area contributed by atoms with Crippen molar-refractivity contribution in [3.8, 4) is 11.5 Å². The van der Waals surface area contributed by atoms with Crippen LogP contribution in [0.3, 0.4) is 0 Å².